The molecule has 10 heteroatoms. The average molecular weight is 1010 g/mol. The molecule has 2 aliphatic carbocycles. The van der Waals surface area contributed by atoms with Crippen molar-refractivity contribution < 1.29 is 19.1 Å². The molecule has 6 nitrogen and oxygen atoms in total. The first kappa shape index (κ1) is 53.4. The highest BCUT2D eigenvalue weighted by atomic mass is 33.1. The Morgan fingerprint density at radius 1 is 0.565 bits per heavy atom. The Balaban J connectivity index is 0.000000204. The molecule has 0 spiro atoms. The van der Waals surface area contributed by atoms with Crippen molar-refractivity contribution >= 4 is 66.3 Å². The van der Waals surface area contributed by atoms with Crippen molar-refractivity contribution in [3.05, 3.63) is 154 Å². The van der Waals surface area contributed by atoms with E-state index in [2.05, 4.69) is 140 Å². The van der Waals surface area contributed by atoms with E-state index < -0.39 is 0 Å². The molecule has 4 aromatic carbocycles. The molecule has 69 heavy (non-hydrogen) atoms. The average Bonchev–Trinajstić information content (AvgIpc) is 3.93. The van der Waals surface area contributed by atoms with Gasteiger partial charge < -0.3 is 19.7 Å². The van der Waals surface area contributed by atoms with Gasteiger partial charge in [-0.3, -0.25) is 9.59 Å². The summed E-state index contributed by atoms with van der Waals surface area (Å²) in [6, 6.07) is 35.2. The fraction of sp³-hybridized carbons (Fsp3) is 0.492. The van der Waals surface area contributed by atoms with Crippen LogP contribution in [0.15, 0.2) is 109 Å². The number of carbonyl (C=O) groups is 2. The number of nitrogens with one attached hydrogen (secondary N) is 1. The second kappa shape index (κ2) is 28.0. The molecule has 4 aromatic rings. The molecular weight excluding hydrogens is 929 g/mol. The SMILES string of the molecule is CN(CCC=C1c2ccccc2CCc2ccccc21)CCOC(=O)CCCC[C@]1(C)CCSS1.C[C@@]1(CCCCC(=O)OCCNCCC=C2c3ccccc3CCc3ccccc32)CCSS1. The summed E-state index contributed by atoms with van der Waals surface area (Å²) in [6.45, 7) is 8.93. The zero-order valence-electron chi connectivity index (χ0n) is 41.6. The summed E-state index contributed by atoms with van der Waals surface area (Å²) in [5.74, 6) is 2.41. The number of aryl methyl sites for hydroxylation is 4. The van der Waals surface area contributed by atoms with E-state index >= 15 is 0 Å². The summed E-state index contributed by atoms with van der Waals surface area (Å²) in [7, 11) is 10.1. The number of hydrogen-bond acceptors (Lipinski definition) is 10. The summed E-state index contributed by atoms with van der Waals surface area (Å²) in [5.41, 5.74) is 13.9. The van der Waals surface area contributed by atoms with Gasteiger partial charge in [0.15, 0.2) is 0 Å². The van der Waals surface area contributed by atoms with Gasteiger partial charge in [0.2, 0.25) is 0 Å². The van der Waals surface area contributed by atoms with Gasteiger partial charge >= 0.3 is 11.9 Å². The predicted octanol–water partition coefficient (Wildman–Crippen LogP) is 14.0. The third kappa shape index (κ3) is 16.9. The van der Waals surface area contributed by atoms with Gasteiger partial charge in [-0.15, -0.1) is 0 Å². The molecule has 2 fully saturated rings. The van der Waals surface area contributed by atoms with Crippen LogP contribution in [0.3, 0.4) is 0 Å². The molecule has 2 heterocycles. The van der Waals surface area contributed by atoms with Gasteiger partial charge in [0, 0.05) is 53.5 Å². The fourth-order valence-electron chi connectivity index (χ4n) is 9.79. The highest BCUT2D eigenvalue weighted by molar-refractivity contribution is 8.78. The predicted molar refractivity (Wildman–Crippen MR) is 299 cm³/mol. The molecular formula is C59H76N2O4S4. The minimum atomic E-state index is -0.0609. The van der Waals surface area contributed by atoms with E-state index in [1.54, 1.807) is 0 Å². The molecule has 2 saturated heterocycles. The Hall–Kier alpha value is -3.38. The van der Waals surface area contributed by atoms with Crippen LogP contribution in [0.1, 0.15) is 135 Å². The van der Waals surface area contributed by atoms with E-state index in [0.717, 1.165) is 83.8 Å². The van der Waals surface area contributed by atoms with Crippen LogP contribution in [0.5, 0.6) is 0 Å². The van der Waals surface area contributed by atoms with Crippen LogP contribution in [0, 0.1) is 0 Å². The molecule has 0 saturated carbocycles. The maximum absolute atomic E-state index is 12.1. The molecule has 0 unspecified atom stereocenters. The van der Waals surface area contributed by atoms with E-state index in [4.69, 9.17) is 9.47 Å². The molecule has 1 N–H and O–H groups in total. The van der Waals surface area contributed by atoms with E-state index in [1.807, 2.05) is 43.2 Å². The molecule has 2 atom stereocenters. The van der Waals surface area contributed by atoms with Gasteiger partial charge in [-0.1, -0.05) is 165 Å². The van der Waals surface area contributed by atoms with Crippen LogP contribution < -0.4 is 5.32 Å². The molecule has 0 amide bonds. The number of unbranched alkanes of at least 4 members (excludes halogenated alkanes) is 2. The second-order valence-corrected chi connectivity index (χ2v) is 25.6. The van der Waals surface area contributed by atoms with Crippen molar-refractivity contribution in [2.24, 2.45) is 0 Å². The van der Waals surface area contributed by atoms with Crippen molar-refractivity contribution in [3.8, 4) is 0 Å². The number of rotatable bonds is 22. The number of ether oxygens (including phenoxy) is 2. The van der Waals surface area contributed by atoms with Gasteiger partial charge in [-0.2, -0.15) is 0 Å². The third-order valence-corrected chi connectivity index (χ3v) is 20.7. The zero-order valence-corrected chi connectivity index (χ0v) is 44.8. The fourth-order valence-corrected chi connectivity index (χ4v) is 16.4. The summed E-state index contributed by atoms with van der Waals surface area (Å²) < 4.78 is 11.8. The van der Waals surface area contributed by atoms with Crippen LogP contribution in [0.4, 0.5) is 0 Å². The van der Waals surface area contributed by atoms with E-state index in [1.165, 1.54) is 92.8 Å². The topological polar surface area (TPSA) is 67.9 Å². The Kier molecular flexibility index (Phi) is 21.7. The first-order valence-corrected chi connectivity index (χ1v) is 30.4. The monoisotopic (exact) mass is 1000 g/mol. The van der Waals surface area contributed by atoms with Crippen molar-refractivity contribution in [3.63, 3.8) is 0 Å². The smallest absolute Gasteiger partial charge is 0.305 e. The van der Waals surface area contributed by atoms with Crippen molar-refractivity contribution in [1.82, 2.24) is 10.2 Å². The highest BCUT2D eigenvalue weighted by Crippen LogP contribution is 2.50. The van der Waals surface area contributed by atoms with Gasteiger partial charge in [-0.25, -0.2) is 0 Å². The van der Waals surface area contributed by atoms with E-state index in [-0.39, 0.29) is 11.9 Å². The van der Waals surface area contributed by atoms with E-state index in [0.29, 0.717) is 42.1 Å². The van der Waals surface area contributed by atoms with Gasteiger partial charge in [0.25, 0.3) is 0 Å². The first-order chi connectivity index (χ1) is 33.7. The molecule has 4 aliphatic rings. The number of fused-ring (bicyclic) bond motifs is 4. The Morgan fingerprint density at radius 3 is 1.42 bits per heavy atom. The molecule has 370 valence electrons. The number of benzene rings is 4. The summed E-state index contributed by atoms with van der Waals surface area (Å²) in [5, 5.41) is 3.43. The Morgan fingerprint density at radius 2 is 0.986 bits per heavy atom. The largest absolute Gasteiger partial charge is 0.464 e. The molecule has 0 aromatic heterocycles. The minimum Gasteiger partial charge on any atom is -0.464 e. The number of carbonyl (C=O) groups excluding carboxylic acids is 2. The summed E-state index contributed by atoms with van der Waals surface area (Å²) in [4.78, 5) is 26.4. The lowest BCUT2D eigenvalue weighted by Crippen LogP contribution is -2.25. The number of nitrogens with zero attached hydrogens (tertiary/aromatic N) is 1. The molecule has 0 radical (unpaired) electrons. The maximum atomic E-state index is 12.1. The van der Waals surface area contributed by atoms with Crippen molar-refractivity contribution in [1.29, 1.82) is 0 Å². The molecule has 0 bridgehead atoms. The van der Waals surface area contributed by atoms with Crippen LogP contribution in [0.2, 0.25) is 0 Å². The van der Waals surface area contributed by atoms with Crippen LogP contribution in [-0.4, -0.2) is 84.3 Å². The number of likely N-dealkylation sites (N-methyl/N-ethyl adjacent to an activating group) is 1. The van der Waals surface area contributed by atoms with Gasteiger partial charge in [-0.05, 0) is 160 Å². The Labute approximate surface area is 430 Å². The summed E-state index contributed by atoms with van der Waals surface area (Å²) in [6.07, 6.45) is 21.2. The number of esters is 2. The molecule has 2 aliphatic heterocycles. The lowest BCUT2D eigenvalue weighted by atomic mass is 9.93. The van der Waals surface area contributed by atoms with Crippen molar-refractivity contribution in [2.75, 3.05) is 57.9 Å². The molecule has 8 rings (SSSR count). The second-order valence-electron chi connectivity index (χ2n) is 19.6. The van der Waals surface area contributed by atoms with E-state index in [9.17, 15) is 9.59 Å². The van der Waals surface area contributed by atoms with Gasteiger partial charge in [0.05, 0.1) is 0 Å². The zero-order chi connectivity index (χ0) is 48.2. The lowest BCUT2D eigenvalue weighted by molar-refractivity contribution is -0.144. The maximum Gasteiger partial charge on any atom is 0.305 e. The normalized spacial score (nSPS) is 19.2. The van der Waals surface area contributed by atoms with Crippen LogP contribution >= 0.6 is 43.2 Å². The Bertz CT molecular complexity index is 2220. The lowest BCUT2D eigenvalue weighted by Gasteiger charge is -2.20. The van der Waals surface area contributed by atoms with Gasteiger partial charge in [0.1, 0.15) is 13.2 Å². The standard InChI is InChI=1S/C30H39NO2S2.C29H37NO2S2/c1-30(19-23-34-35-30)18-8-7-15-29(32)33-22-21-31(2)20-9-14-28-26-12-5-3-10-24(26)16-17-25-11-4-6-13-27(25)28;1-29(18-22-33-34-29)17-7-6-14-28(31)32-21-20-30-19-8-13-27-25-11-4-2-9-23(25)15-16-24-10-3-5-12-26(24)27/h3-6,10-14H,7-9,15-23H2,1-2H3;2-5,9-13,30H,6-8,14-22H2,1H3/t30-;29-/m11/s1. The highest BCUT2D eigenvalue weighted by Gasteiger charge is 2.31. The van der Waals surface area contributed by atoms with Crippen LogP contribution in [-0.2, 0) is 44.7 Å². The number of hydrogen-bond donors (Lipinski definition) is 1. The van der Waals surface area contributed by atoms with Crippen molar-refractivity contribution in [2.45, 2.75) is 126 Å². The quantitative estimate of drug-likeness (QED) is 0.0468. The third-order valence-electron chi connectivity index (χ3n) is 14.0. The summed E-state index contributed by atoms with van der Waals surface area (Å²) >= 11 is 0. The first-order valence-electron chi connectivity index (χ1n) is 25.7. The minimum absolute atomic E-state index is 0.0502. The van der Waals surface area contributed by atoms with Crippen LogP contribution in [0.25, 0.3) is 11.1 Å².